The minimum Gasteiger partial charge on any atom is -0.383 e. The molecule has 0 fully saturated rings. The average molecular weight is 373 g/mol. The second-order valence-electron chi connectivity index (χ2n) is 4.53. The van der Waals surface area contributed by atoms with Crippen molar-refractivity contribution in [3.05, 3.63) is 36.0 Å². The molecule has 0 radical (unpaired) electrons. The Bertz CT molecular complexity index is 877. The largest absolute Gasteiger partial charge is 0.383 e. The van der Waals surface area contributed by atoms with Gasteiger partial charge < -0.3 is 5.73 Å². The standard InChI is InChI=1S/C12H13ClN6O4S/c13-5-10(20)17-18-12(21)9-6-16-19(11(9)14)7-1-3-8(4-2-7)24(15,22)23/h1-4,6H,5,14H2,(H,17,20)(H,18,21)(H2,15,22,23). The van der Waals surface area contributed by atoms with Crippen LogP contribution in [0.25, 0.3) is 5.69 Å². The summed E-state index contributed by atoms with van der Waals surface area (Å²) in [4.78, 5) is 22.9. The molecule has 0 bridgehead atoms. The number of carbonyl (C=O) groups excluding carboxylic acids is 2. The summed E-state index contributed by atoms with van der Waals surface area (Å²) in [6.07, 6.45) is 1.20. The highest BCUT2D eigenvalue weighted by atomic mass is 35.5. The predicted molar refractivity (Wildman–Crippen MR) is 85.7 cm³/mol. The number of carbonyl (C=O) groups is 2. The number of alkyl halides is 1. The third-order valence-electron chi connectivity index (χ3n) is 2.90. The number of halogens is 1. The molecule has 0 aliphatic heterocycles. The summed E-state index contributed by atoms with van der Waals surface area (Å²) in [5, 5.41) is 8.97. The molecule has 2 amide bonds. The molecule has 12 heteroatoms. The van der Waals surface area contributed by atoms with Gasteiger partial charge >= 0.3 is 0 Å². The molecule has 0 aliphatic carbocycles. The van der Waals surface area contributed by atoms with Crippen LogP contribution >= 0.6 is 11.6 Å². The average Bonchev–Trinajstić information content (AvgIpc) is 2.93. The summed E-state index contributed by atoms with van der Waals surface area (Å²) in [5.41, 5.74) is 10.5. The molecule has 2 rings (SSSR count). The highest BCUT2D eigenvalue weighted by Crippen LogP contribution is 2.18. The Morgan fingerprint density at radius 1 is 1.21 bits per heavy atom. The molecular formula is C12H13ClN6O4S. The quantitative estimate of drug-likeness (QED) is 0.401. The van der Waals surface area contributed by atoms with Gasteiger partial charge in [0, 0.05) is 0 Å². The topological polar surface area (TPSA) is 162 Å². The highest BCUT2D eigenvalue weighted by Gasteiger charge is 2.17. The van der Waals surface area contributed by atoms with Gasteiger partial charge in [0.1, 0.15) is 17.3 Å². The van der Waals surface area contributed by atoms with Gasteiger partial charge in [0.05, 0.1) is 16.8 Å². The van der Waals surface area contributed by atoms with Crippen molar-refractivity contribution in [3.8, 4) is 5.69 Å². The van der Waals surface area contributed by atoms with E-state index in [1.54, 1.807) is 0 Å². The number of nitrogen functional groups attached to an aromatic ring is 1. The van der Waals surface area contributed by atoms with Crippen LogP contribution in [0.4, 0.5) is 5.82 Å². The van der Waals surface area contributed by atoms with E-state index in [1.165, 1.54) is 35.1 Å². The number of hydrogen-bond acceptors (Lipinski definition) is 6. The Hall–Kier alpha value is -2.63. The number of sulfonamides is 1. The number of benzene rings is 1. The highest BCUT2D eigenvalue weighted by molar-refractivity contribution is 7.89. The van der Waals surface area contributed by atoms with Gasteiger partial charge in [-0.25, -0.2) is 18.2 Å². The van der Waals surface area contributed by atoms with Crippen molar-refractivity contribution >= 4 is 39.3 Å². The summed E-state index contributed by atoms with van der Waals surface area (Å²) >= 11 is 5.29. The van der Waals surface area contributed by atoms with Crippen LogP contribution in [-0.2, 0) is 14.8 Å². The number of hydrogen-bond donors (Lipinski definition) is 4. The minimum absolute atomic E-state index is 0.00372. The fraction of sp³-hybridized carbons (Fsp3) is 0.0833. The predicted octanol–water partition coefficient (Wildman–Crippen LogP) is -0.898. The van der Waals surface area contributed by atoms with Gasteiger partial charge in [-0.3, -0.25) is 20.4 Å². The summed E-state index contributed by atoms with van der Waals surface area (Å²) < 4.78 is 23.7. The Morgan fingerprint density at radius 2 is 1.83 bits per heavy atom. The van der Waals surface area contributed by atoms with Crippen LogP contribution in [0.2, 0.25) is 0 Å². The molecule has 2 aromatic rings. The molecule has 1 heterocycles. The molecule has 0 spiro atoms. The van der Waals surface area contributed by atoms with Gasteiger partial charge in [-0.05, 0) is 24.3 Å². The van der Waals surface area contributed by atoms with Gasteiger partial charge in [0.15, 0.2) is 0 Å². The minimum atomic E-state index is -3.81. The van der Waals surface area contributed by atoms with E-state index in [-0.39, 0.29) is 22.2 Å². The molecule has 0 atom stereocenters. The number of nitrogens with one attached hydrogen (secondary N) is 2. The zero-order valence-electron chi connectivity index (χ0n) is 12.1. The van der Waals surface area contributed by atoms with Crippen molar-refractivity contribution in [1.82, 2.24) is 20.6 Å². The number of anilines is 1. The van der Waals surface area contributed by atoms with E-state index in [4.69, 9.17) is 22.5 Å². The normalized spacial score (nSPS) is 11.1. The molecule has 0 aliphatic rings. The van der Waals surface area contributed by atoms with Crippen LogP contribution < -0.4 is 21.7 Å². The van der Waals surface area contributed by atoms with E-state index < -0.39 is 21.8 Å². The number of rotatable bonds is 4. The summed E-state index contributed by atoms with van der Waals surface area (Å²) in [5.74, 6) is -1.59. The van der Waals surface area contributed by atoms with Gasteiger partial charge in [-0.2, -0.15) is 5.10 Å². The summed E-state index contributed by atoms with van der Waals surface area (Å²) in [6.45, 7) is 0. The Labute approximate surface area is 141 Å². The maximum Gasteiger partial charge on any atom is 0.275 e. The van der Waals surface area contributed by atoms with Gasteiger partial charge in [0.2, 0.25) is 10.0 Å². The zero-order valence-corrected chi connectivity index (χ0v) is 13.6. The lowest BCUT2D eigenvalue weighted by Gasteiger charge is -2.07. The first-order valence-electron chi connectivity index (χ1n) is 6.36. The first kappa shape index (κ1) is 17.7. The maximum absolute atomic E-state index is 11.9. The number of primary sulfonamides is 1. The maximum atomic E-state index is 11.9. The van der Waals surface area contributed by atoms with Gasteiger partial charge in [-0.1, -0.05) is 0 Å². The molecule has 0 saturated heterocycles. The number of hydrazine groups is 1. The van der Waals surface area contributed by atoms with Crippen molar-refractivity contribution in [1.29, 1.82) is 0 Å². The van der Waals surface area contributed by atoms with E-state index >= 15 is 0 Å². The molecule has 24 heavy (non-hydrogen) atoms. The Morgan fingerprint density at radius 3 is 2.38 bits per heavy atom. The van der Waals surface area contributed by atoms with Gasteiger partial charge in [0.25, 0.3) is 11.8 Å². The molecule has 6 N–H and O–H groups in total. The number of nitrogens with two attached hydrogens (primary N) is 2. The van der Waals surface area contributed by atoms with Crippen molar-refractivity contribution in [2.75, 3.05) is 11.6 Å². The van der Waals surface area contributed by atoms with Crippen molar-refractivity contribution in [2.24, 2.45) is 5.14 Å². The molecule has 128 valence electrons. The van der Waals surface area contributed by atoms with E-state index in [2.05, 4.69) is 16.0 Å². The van der Waals surface area contributed by atoms with Crippen molar-refractivity contribution < 1.29 is 18.0 Å². The van der Waals surface area contributed by atoms with Crippen LogP contribution in [0.1, 0.15) is 10.4 Å². The molecule has 1 aromatic heterocycles. The smallest absolute Gasteiger partial charge is 0.275 e. The Kier molecular flexibility index (Phi) is 5.07. The van der Waals surface area contributed by atoms with Gasteiger partial charge in [-0.15, -0.1) is 11.6 Å². The molecular weight excluding hydrogens is 360 g/mol. The van der Waals surface area contributed by atoms with E-state index in [9.17, 15) is 18.0 Å². The van der Waals surface area contributed by atoms with E-state index in [0.717, 1.165) is 0 Å². The van der Waals surface area contributed by atoms with Crippen LogP contribution in [0.3, 0.4) is 0 Å². The van der Waals surface area contributed by atoms with E-state index in [1.807, 2.05) is 0 Å². The van der Waals surface area contributed by atoms with Crippen molar-refractivity contribution in [2.45, 2.75) is 4.90 Å². The van der Waals surface area contributed by atoms with Crippen LogP contribution in [0.5, 0.6) is 0 Å². The third-order valence-corrected chi connectivity index (χ3v) is 4.07. The third kappa shape index (κ3) is 3.82. The Balaban J connectivity index is 2.23. The number of nitrogens with zero attached hydrogens (tertiary/aromatic N) is 2. The van der Waals surface area contributed by atoms with Crippen molar-refractivity contribution in [3.63, 3.8) is 0 Å². The lowest BCUT2D eigenvalue weighted by atomic mass is 10.3. The molecule has 1 aromatic carbocycles. The van der Waals surface area contributed by atoms with E-state index in [0.29, 0.717) is 5.69 Å². The lowest BCUT2D eigenvalue weighted by molar-refractivity contribution is -0.119. The first-order valence-corrected chi connectivity index (χ1v) is 8.44. The van der Waals surface area contributed by atoms with Crippen LogP contribution in [0.15, 0.2) is 35.4 Å². The second-order valence-corrected chi connectivity index (χ2v) is 6.36. The monoisotopic (exact) mass is 372 g/mol. The SMILES string of the molecule is Nc1c(C(=O)NNC(=O)CCl)cnn1-c1ccc(S(N)(=O)=O)cc1. The molecule has 10 nitrogen and oxygen atoms in total. The van der Waals surface area contributed by atoms with Crippen LogP contribution in [-0.4, -0.2) is 35.9 Å². The molecule has 0 saturated carbocycles. The first-order chi connectivity index (χ1) is 11.2. The lowest BCUT2D eigenvalue weighted by Crippen LogP contribution is -2.42. The number of aromatic nitrogens is 2. The molecule has 0 unspecified atom stereocenters. The number of amides is 2. The second kappa shape index (κ2) is 6.86. The zero-order chi connectivity index (χ0) is 17.9. The fourth-order valence-electron chi connectivity index (χ4n) is 1.74. The summed E-state index contributed by atoms with van der Waals surface area (Å²) in [7, 11) is -3.81. The fourth-order valence-corrected chi connectivity index (χ4v) is 2.33. The summed E-state index contributed by atoms with van der Waals surface area (Å²) in [6, 6.07) is 5.43. The van der Waals surface area contributed by atoms with Crippen LogP contribution in [0, 0.1) is 0 Å².